The van der Waals surface area contributed by atoms with Crippen molar-refractivity contribution in [1.82, 2.24) is 0 Å². The van der Waals surface area contributed by atoms with Gasteiger partial charge in [-0.3, -0.25) is 4.79 Å². The Labute approximate surface area is 91.1 Å². The predicted octanol–water partition coefficient (Wildman–Crippen LogP) is 2.54. The second-order valence-corrected chi connectivity index (χ2v) is 4.19. The highest BCUT2D eigenvalue weighted by atomic mass is 127. The summed E-state index contributed by atoms with van der Waals surface area (Å²) < 4.78 is 1.21. The number of rotatable bonds is 2. The van der Waals surface area contributed by atoms with E-state index in [2.05, 4.69) is 22.6 Å². The van der Waals surface area contributed by atoms with E-state index < -0.39 is 5.97 Å². The zero-order chi connectivity index (χ0) is 10.0. The molecule has 13 heavy (non-hydrogen) atoms. The molecule has 0 saturated carbocycles. The molecule has 3 heteroatoms. The summed E-state index contributed by atoms with van der Waals surface area (Å²) in [5.74, 6) is -0.778. The van der Waals surface area contributed by atoms with Crippen molar-refractivity contribution in [3.05, 3.63) is 32.4 Å². The van der Waals surface area contributed by atoms with Crippen LogP contribution in [0.5, 0.6) is 0 Å². The Hall–Kier alpha value is -0.580. The second kappa shape index (κ2) is 4.09. The van der Waals surface area contributed by atoms with Crippen molar-refractivity contribution in [2.75, 3.05) is 0 Å². The molecule has 2 nitrogen and oxygen atoms in total. The van der Waals surface area contributed by atoms with Gasteiger partial charge in [0.15, 0.2) is 0 Å². The smallest absolute Gasteiger partial charge is 0.307 e. The fraction of sp³-hybridized carbons (Fsp3) is 0.300. The first-order chi connectivity index (χ1) is 6.00. The molecule has 0 fully saturated rings. The van der Waals surface area contributed by atoms with Crippen molar-refractivity contribution in [1.29, 1.82) is 0 Å². The molecule has 0 atom stereocenters. The fourth-order valence-corrected chi connectivity index (χ4v) is 1.62. The van der Waals surface area contributed by atoms with Gasteiger partial charge in [0.2, 0.25) is 0 Å². The Morgan fingerprint density at radius 3 is 2.23 bits per heavy atom. The number of hydrogen-bond acceptors (Lipinski definition) is 1. The van der Waals surface area contributed by atoms with Gasteiger partial charge in [0.05, 0.1) is 6.42 Å². The first-order valence-electron chi connectivity index (χ1n) is 3.98. The van der Waals surface area contributed by atoms with Gasteiger partial charge in [-0.05, 0) is 53.1 Å². The minimum atomic E-state index is -0.778. The number of hydrogen-bond donors (Lipinski definition) is 1. The number of carbonyl (C=O) groups is 1. The van der Waals surface area contributed by atoms with Crippen molar-refractivity contribution in [3.8, 4) is 0 Å². The molecular formula is C10H11IO2. The molecule has 0 heterocycles. The van der Waals surface area contributed by atoms with E-state index in [0.29, 0.717) is 0 Å². The van der Waals surface area contributed by atoms with Gasteiger partial charge in [-0.25, -0.2) is 0 Å². The molecule has 0 radical (unpaired) electrons. The summed E-state index contributed by atoms with van der Waals surface area (Å²) in [7, 11) is 0. The van der Waals surface area contributed by atoms with Gasteiger partial charge < -0.3 is 5.11 Å². The van der Waals surface area contributed by atoms with Gasteiger partial charge >= 0.3 is 5.97 Å². The highest BCUT2D eigenvalue weighted by molar-refractivity contribution is 14.1. The topological polar surface area (TPSA) is 37.3 Å². The zero-order valence-corrected chi connectivity index (χ0v) is 9.75. The van der Waals surface area contributed by atoms with Crippen molar-refractivity contribution in [3.63, 3.8) is 0 Å². The van der Waals surface area contributed by atoms with E-state index in [9.17, 15) is 4.79 Å². The van der Waals surface area contributed by atoms with Crippen molar-refractivity contribution < 1.29 is 9.90 Å². The minimum absolute atomic E-state index is 0.110. The van der Waals surface area contributed by atoms with Gasteiger partial charge in [-0.15, -0.1) is 0 Å². The third kappa shape index (κ3) is 2.69. The summed E-state index contributed by atoms with van der Waals surface area (Å²) in [6, 6.07) is 3.87. The first kappa shape index (κ1) is 10.5. The summed E-state index contributed by atoms with van der Waals surface area (Å²) in [5.41, 5.74) is 3.18. The van der Waals surface area contributed by atoms with E-state index in [-0.39, 0.29) is 6.42 Å². The minimum Gasteiger partial charge on any atom is -0.481 e. The van der Waals surface area contributed by atoms with Crippen LogP contribution in [0.1, 0.15) is 16.7 Å². The van der Waals surface area contributed by atoms with Crippen LogP contribution in [0.3, 0.4) is 0 Å². The van der Waals surface area contributed by atoms with E-state index in [4.69, 9.17) is 5.11 Å². The number of carboxylic acid groups (broad SMARTS) is 1. The Bertz CT molecular complexity index is 322. The number of benzene rings is 1. The van der Waals surface area contributed by atoms with Crippen LogP contribution in [0, 0.1) is 17.4 Å². The lowest BCUT2D eigenvalue weighted by molar-refractivity contribution is -0.136. The van der Waals surface area contributed by atoms with E-state index in [0.717, 1.165) is 16.7 Å². The molecule has 1 aromatic rings. The van der Waals surface area contributed by atoms with Crippen LogP contribution in [0.15, 0.2) is 12.1 Å². The maximum atomic E-state index is 10.5. The largest absolute Gasteiger partial charge is 0.481 e. The second-order valence-electron chi connectivity index (χ2n) is 3.11. The standard InChI is InChI=1S/C10H11IO2/c1-6-3-8(5-9(12)13)4-7(2)10(6)11/h3-4H,5H2,1-2H3,(H,12,13). The van der Waals surface area contributed by atoms with Crippen LogP contribution >= 0.6 is 22.6 Å². The molecule has 1 rings (SSSR count). The molecular weight excluding hydrogens is 279 g/mol. The van der Waals surface area contributed by atoms with E-state index in [1.54, 1.807) is 0 Å². The van der Waals surface area contributed by atoms with Gasteiger partial charge in [0.25, 0.3) is 0 Å². The van der Waals surface area contributed by atoms with E-state index in [1.807, 2.05) is 26.0 Å². The molecule has 0 aromatic heterocycles. The van der Waals surface area contributed by atoms with E-state index >= 15 is 0 Å². The van der Waals surface area contributed by atoms with E-state index in [1.165, 1.54) is 3.57 Å². The lowest BCUT2D eigenvalue weighted by Gasteiger charge is -2.05. The Balaban J connectivity index is 3.06. The molecule has 1 aromatic carbocycles. The van der Waals surface area contributed by atoms with Crippen LogP contribution in [0.25, 0.3) is 0 Å². The SMILES string of the molecule is Cc1cc(CC(=O)O)cc(C)c1I. The molecule has 0 aliphatic rings. The number of aliphatic carboxylic acids is 1. The summed E-state index contributed by atoms with van der Waals surface area (Å²) in [5, 5.41) is 8.62. The van der Waals surface area contributed by atoms with Crippen LogP contribution in [-0.4, -0.2) is 11.1 Å². The van der Waals surface area contributed by atoms with Gasteiger partial charge in [0, 0.05) is 3.57 Å². The number of carboxylic acids is 1. The zero-order valence-electron chi connectivity index (χ0n) is 7.60. The molecule has 0 unspecified atom stereocenters. The Morgan fingerprint density at radius 2 is 1.85 bits per heavy atom. The first-order valence-corrected chi connectivity index (χ1v) is 5.06. The molecule has 0 amide bonds. The third-order valence-corrected chi connectivity index (χ3v) is 3.55. The van der Waals surface area contributed by atoms with Crippen LogP contribution in [0.2, 0.25) is 0 Å². The highest BCUT2D eigenvalue weighted by Crippen LogP contribution is 2.18. The summed E-state index contributed by atoms with van der Waals surface area (Å²) in [6.07, 6.45) is 0.110. The van der Waals surface area contributed by atoms with Crippen LogP contribution in [-0.2, 0) is 11.2 Å². The maximum absolute atomic E-state index is 10.5. The summed E-state index contributed by atoms with van der Waals surface area (Å²) in [4.78, 5) is 10.5. The summed E-state index contributed by atoms with van der Waals surface area (Å²) >= 11 is 2.27. The number of halogens is 1. The average molecular weight is 290 g/mol. The summed E-state index contributed by atoms with van der Waals surface area (Å²) in [6.45, 7) is 4.00. The highest BCUT2D eigenvalue weighted by Gasteiger charge is 2.05. The molecule has 0 aliphatic heterocycles. The quantitative estimate of drug-likeness (QED) is 0.850. The van der Waals surface area contributed by atoms with Gasteiger partial charge in [0.1, 0.15) is 0 Å². The Morgan fingerprint density at radius 1 is 1.38 bits per heavy atom. The van der Waals surface area contributed by atoms with Crippen molar-refractivity contribution >= 4 is 28.6 Å². The molecule has 1 N–H and O–H groups in total. The molecule has 0 aliphatic carbocycles. The fourth-order valence-electron chi connectivity index (χ4n) is 1.31. The lowest BCUT2D eigenvalue weighted by atomic mass is 10.1. The van der Waals surface area contributed by atoms with Crippen LogP contribution < -0.4 is 0 Å². The number of aryl methyl sites for hydroxylation is 2. The predicted molar refractivity (Wildman–Crippen MR) is 60.0 cm³/mol. The van der Waals surface area contributed by atoms with Gasteiger partial charge in [-0.2, -0.15) is 0 Å². The molecule has 70 valence electrons. The lowest BCUT2D eigenvalue weighted by Crippen LogP contribution is -2.01. The monoisotopic (exact) mass is 290 g/mol. The third-order valence-electron chi connectivity index (χ3n) is 1.85. The molecule has 0 saturated heterocycles. The van der Waals surface area contributed by atoms with Crippen LogP contribution in [0.4, 0.5) is 0 Å². The normalized spacial score (nSPS) is 10.1. The molecule has 0 spiro atoms. The van der Waals surface area contributed by atoms with Gasteiger partial charge in [-0.1, -0.05) is 12.1 Å². The Kier molecular flexibility index (Phi) is 3.30. The molecule has 0 bridgehead atoms. The average Bonchev–Trinajstić information content (AvgIpc) is 1.98. The maximum Gasteiger partial charge on any atom is 0.307 e. The van der Waals surface area contributed by atoms with Crippen molar-refractivity contribution in [2.24, 2.45) is 0 Å². The van der Waals surface area contributed by atoms with Crippen molar-refractivity contribution in [2.45, 2.75) is 20.3 Å².